The lowest BCUT2D eigenvalue weighted by Crippen LogP contribution is -2.44. The summed E-state index contributed by atoms with van der Waals surface area (Å²) in [5.74, 6) is -0.763. The number of halogens is 1. The molecule has 0 aliphatic rings. The minimum atomic E-state index is -1.71. The zero-order valence-corrected chi connectivity index (χ0v) is 7.45. The van der Waals surface area contributed by atoms with E-state index >= 15 is 0 Å². The van der Waals surface area contributed by atoms with E-state index in [9.17, 15) is 4.79 Å². The van der Waals surface area contributed by atoms with Crippen LogP contribution in [0.25, 0.3) is 0 Å². The molecule has 0 aliphatic carbocycles. The summed E-state index contributed by atoms with van der Waals surface area (Å²) >= 11 is 5.67. The van der Waals surface area contributed by atoms with Crippen molar-refractivity contribution in [1.29, 1.82) is 0 Å². The van der Waals surface area contributed by atoms with Crippen molar-refractivity contribution >= 4 is 17.5 Å². The van der Waals surface area contributed by atoms with Crippen molar-refractivity contribution in [3.8, 4) is 5.75 Å². The van der Waals surface area contributed by atoms with E-state index in [1.165, 1.54) is 24.3 Å². The molecule has 1 atom stereocenters. The van der Waals surface area contributed by atoms with Gasteiger partial charge in [-0.25, -0.2) is 0 Å². The Morgan fingerprint density at radius 1 is 1.38 bits per heavy atom. The first-order chi connectivity index (χ1) is 5.94. The van der Waals surface area contributed by atoms with Gasteiger partial charge in [0.15, 0.2) is 5.00 Å². The predicted octanol–water partition coefficient (Wildman–Crippen LogP) is 0.228. The van der Waals surface area contributed by atoms with Gasteiger partial charge in [0, 0.05) is 0 Å². The second-order valence-corrected chi connectivity index (χ2v) is 3.22. The van der Waals surface area contributed by atoms with Crippen LogP contribution in [0.3, 0.4) is 0 Å². The van der Waals surface area contributed by atoms with Gasteiger partial charge in [0.05, 0.1) is 0 Å². The van der Waals surface area contributed by atoms with Crippen molar-refractivity contribution in [3.63, 3.8) is 0 Å². The third-order valence-corrected chi connectivity index (χ3v) is 2.05. The van der Waals surface area contributed by atoms with Gasteiger partial charge in [0.1, 0.15) is 5.75 Å². The zero-order valence-electron chi connectivity index (χ0n) is 6.70. The molecule has 0 fully saturated rings. The predicted molar refractivity (Wildman–Crippen MR) is 49.0 cm³/mol. The van der Waals surface area contributed by atoms with Gasteiger partial charge in [-0.2, -0.15) is 0 Å². The Hall–Kier alpha value is -1.26. The highest BCUT2D eigenvalue weighted by atomic mass is 35.5. The van der Waals surface area contributed by atoms with E-state index in [0.29, 0.717) is 5.56 Å². The molecule has 70 valence electrons. The first kappa shape index (κ1) is 9.83. The van der Waals surface area contributed by atoms with E-state index in [1.54, 1.807) is 0 Å². The van der Waals surface area contributed by atoms with Crippen molar-refractivity contribution in [1.82, 2.24) is 0 Å². The number of hydrogen-bond donors (Lipinski definition) is 3. The minimum Gasteiger partial charge on any atom is -0.508 e. The third kappa shape index (κ3) is 1.91. The van der Waals surface area contributed by atoms with Crippen LogP contribution in [0.4, 0.5) is 0 Å². The molecular formula is C8H9ClN2O2. The summed E-state index contributed by atoms with van der Waals surface area (Å²) < 4.78 is 0. The zero-order chi connectivity index (χ0) is 10.1. The van der Waals surface area contributed by atoms with Crippen molar-refractivity contribution in [2.75, 3.05) is 0 Å². The fourth-order valence-corrected chi connectivity index (χ4v) is 0.972. The van der Waals surface area contributed by atoms with E-state index < -0.39 is 10.9 Å². The molecule has 0 saturated carbocycles. The molecular weight excluding hydrogens is 192 g/mol. The molecule has 4 nitrogen and oxygen atoms in total. The number of carbonyl (C=O) groups is 1. The normalized spacial score (nSPS) is 14.9. The van der Waals surface area contributed by atoms with Crippen LogP contribution in [0.5, 0.6) is 5.75 Å². The maximum absolute atomic E-state index is 10.8. The Kier molecular flexibility index (Phi) is 2.45. The quantitative estimate of drug-likeness (QED) is 0.472. The smallest absolute Gasteiger partial charge is 0.257 e. The van der Waals surface area contributed by atoms with E-state index in [1.807, 2.05) is 0 Å². The van der Waals surface area contributed by atoms with Crippen molar-refractivity contribution in [2.45, 2.75) is 5.00 Å². The molecule has 0 spiro atoms. The average molecular weight is 201 g/mol. The number of phenols is 1. The second-order valence-electron chi connectivity index (χ2n) is 2.62. The number of nitrogens with two attached hydrogens (primary N) is 2. The van der Waals surface area contributed by atoms with Crippen LogP contribution in [0.15, 0.2) is 24.3 Å². The summed E-state index contributed by atoms with van der Waals surface area (Å²) in [4.78, 5) is 9.09. The number of benzene rings is 1. The summed E-state index contributed by atoms with van der Waals surface area (Å²) in [5, 5.41) is 8.96. The number of amides is 1. The van der Waals surface area contributed by atoms with Crippen LogP contribution < -0.4 is 11.5 Å². The van der Waals surface area contributed by atoms with Gasteiger partial charge in [0.2, 0.25) is 0 Å². The van der Waals surface area contributed by atoms with Gasteiger partial charge in [-0.3, -0.25) is 4.79 Å². The molecule has 1 amide bonds. The summed E-state index contributed by atoms with van der Waals surface area (Å²) in [5.41, 5.74) is 10.8. The third-order valence-electron chi connectivity index (χ3n) is 1.65. The Bertz CT molecular complexity index is 321. The van der Waals surface area contributed by atoms with Crippen molar-refractivity contribution in [2.24, 2.45) is 11.5 Å². The van der Waals surface area contributed by atoms with Crippen molar-refractivity contribution < 1.29 is 9.90 Å². The molecule has 0 aliphatic heterocycles. The molecule has 0 heterocycles. The van der Waals surface area contributed by atoms with Gasteiger partial charge in [0.25, 0.3) is 5.91 Å². The summed E-state index contributed by atoms with van der Waals surface area (Å²) in [6, 6.07) is 5.63. The van der Waals surface area contributed by atoms with E-state index in [-0.39, 0.29) is 5.75 Å². The van der Waals surface area contributed by atoms with E-state index in [2.05, 4.69) is 0 Å². The molecule has 1 unspecified atom stereocenters. The number of alkyl halides is 1. The number of rotatable bonds is 2. The number of carbonyl (C=O) groups excluding carboxylic acids is 1. The van der Waals surface area contributed by atoms with E-state index in [4.69, 9.17) is 28.2 Å². The molecule has 13 heavy (non-hydrogen) atoms. The van der Waals surface area contributed by atoms with Crippen LogP contribution in [-0.4, -0.2) is 11.0 Å². The SMILES string of the molecule is NC(=O)C(N)(Cl)c1ccc(O)cc1. The lowest BCUT2D eigenvalue weighted by molar-refractivity contribution is -0.120. The molecule has 0 bridgehead atoms. The highest BCUT2D eigenvalue weighted by molar-refractivity contribution is 6.34. The van der Waals surface area contributed by atoms with Gasteiger partial charge in [-0.15, -0.1) is 0 Å². The van der Waals surface area contributed by atoms with E-state index in [0.717, 1.165) is 0 Å². The minimum absolute atomic E-state index is 0.0701. The Morgan fingerprint density at radius 3 is 2.23 bits per heavy atom. The van der Waals surface area contributed by atoms with Crippen LogP contribution in [0.1, 0.15) is 5.56 Å². The highest BCUT2D eigenvalue weighted by Gasteiger charge is 2.30. The topological polar surface area (TPSA) is 89.3 Å². The molecule has 1 rings (SSSR count). The molecule has 1 aromatic carbocycles. The standard InChI is InChI=1S/C8H9ClN2O2/c9-8(11,7(10)13)5-1-3-6(12)4-2-5/h1-4,12H,11H2,(H2,10,13). The average Bonchev–Trinajstić information content (AvgIpc) is 2.04. The van der Waals surface area contributed by atoms with Gasteiger partial charge >= 0.3 is 0 Å². The summed E-state index contributed by atoms with van der Waals surface area (Å²) in [6.07, 6.45) is 0. The lowest BCUT2D eigenvalue weighted by Gasteiger charge is -2.17. The Balaban J connectivity index is 3.08. The van der Waals surface area contributed by atoms with Crippen LogP contribution in [0.2, 0.25) is 0 Å². The van der Waals surface area contributed by atoms with Crippen molar-refractivity contribution in [3.05, 3.63) is 29.8 Å². The van der Waals surface area contributed by atoms with Gasteiger partial charge in [-0.1, -0.05) is 23.7 Å². The number of aromatic hydroxyl groups is 1. The molecule has 1 aromatic rings. The van der Waals surface area contributed by atoms with Crippen LogP contribution in [0, 0.1) is 0 Å². The van der Waals surface area contributed by atoms with Crippen LogP contribution in [-0.2, 0) is 9.79 Å². The molecule has 5 N–H and O–H groups in total. The fraction of sp³-hybridized carbons (Fsp3) is 0.125. The van der Waals surface area contributed by atoms with Crippen LogP contribution >= 0.6 is 11.6 Å². The maximum atomic E-state index is 10.8. The number of hydrogen-bond acceptors (Lipinski definition) is 3. The first-order valence-electron chi connectivity index (χ1n) is 3.52. The fourth-order valence-electron chi connectivity index (χ4n) is 0.846. The molecule has 5 heteroatoms. The lowest BCUT2D eigenvalue weighted by atomic mass is 10.1. The molecule has 0 radical (unpaired) electrons. The summed E-state index contributed by atoms with van der Waals surface area (Å²) in [6.45, 7) is 0. The van der Waals surface area contributed by atoms with Gasteiger partial charge < -0.3 is 16.6 Å². The van der Waals surface area contributed by atoms with Gasteiger partial charge in [-0.05, 0) is 17.7 Å². The summed E-state index contributed by atoms with van der Waals surface area (Å²) in [7, 11) is 0. The Labute approximate surface area is 80.1 Å². The number of primary amides is 1. The monoisotopic (exact) mass is 200 g/mol. The molecule has 0 saturated heterocycles. The highest BCUT2D eigenvalue weighted by Crippen LogP contribution is 2.24. The largest absolute Gasteiger partial charge is 0.508 e. The Morgan fingerprint density at radius 2 is 1.85 bits per heavy atom. The second kappa shape index (κ2) is 3.24. The molecule has 0 aromatic heterocycles. The maximum Gasteiger partial charge on any atom is 0.257 e. The number of phenolic OH excluding ortho intramolecular Hbond substituents is 1. The first-order valence-corrected chi connectivity index (χ1v) is 3.89.